The largest absolute Gasteiger partial charge is 0.382 e. The predicted octanol–water partition coefficient (Wildman–Crippen LogP) is 1.82. The van der Waals surface area contributed by atoms with E-state index >= 15 is 0 Å². The molecule has 0 unspecified atom stereocenters. The molecule has 0 radical (unpaired) electrons. The molecule has 4 N–H and O–H groups in total. The van der Waals surface area contributed by atoms with Gasteiger partial charge < -0.3 is 16.0 Å². The van der Waals surface area contributed by atoms with E-state index in [0.717, 1.165) is 28.7 Å². The van der Waals surface area contributed by atoms with Crippen LogP contribution in [0.3, 0.4) is 0 Å². The molecule has 0 saturated carbocycles. The maximum atomic E-state index is 5.74. The van der Waals surface area contributed by atoms with Crippen LogP contribution < -0.4 is 11.1 Å². The predicted molar refractivity (Wildman–Crippen MR) is 69.1 cm³/mol. The average Bonchev–Trinajstić information content (AvgIpc) is 2.89. The number of aromatic amines is 1. The molecule has 2 rings (SSSR count). The van der Waals surface area contributed by atoms with E-state index in [4.69, 9.17) is 5.73 Å². The minimum Gasteiger partial charge on any atom is -0.382 e. The molecule has 0 bridgehead atoms. The van der Waals surface area contributed by atoms with Gasteiger partial charge in [-0.3, -0.25) is 0 Å². The number of rotatable bonds is 5. The summed E-state index contributed by atoms with van der Waals surface area (Å²) >= 11 is 3.01. The lowest BCUT2D eigenvalue weighted by Crippen LogP contribution is -2.05. The highest BCUT2D eigenvalue weighted by Gasteiger charge is 2.09. The third-order valence-corrected chi connectivity index (χ3v) is 3.85. The van der Waals surface area contributed by atoms with Gasteiger partial charge in [0.25, 0.3) is 0 Å². The summed E-state index contributed by atoms with van der Waals surface area (Å²) in [5.41, 5.74) is 5.74. The first-order valence-corrected chi connectivity index (χ1v) is 6.82. The van der Waals surface area contributed by atoms with Crippen LogP contribution >= 0.6 is 23.3 Å². The standard InChI is InChI=1S/C9H13N5S2/c1-15-7-8(10)14-16-9(7)13-3-2-6-11-4-5-12-6/h4-5,13H,2-3H2,1H3,(H2,10,14)(H,11,12). The third kappa shape index (κ3) is 2.48. The normalized spacial score (nSPS) is 10.6. The first kappa shape index (κ1) is 11.3. The molecule has 0 spiro atoms. The molecule has 5 nitrogen and oxygen atoms in total. The van der Waals surface area contributed by atoms with Gasteiger partial charge in [0.05, 0.1) is 4.90 Å². The molecule has 86 valence electrons. The Bertz CT molecular complexity index is 437. The first-order valence-electron chi connectivity index (χ1n) is 4.82. The third-order valence-electron chi connectivity index (χ3n) is 2.08. The van der Waals surface area contributed by atoms with E-state index in [0.29, 0.717) is 5.82 Å². The maximum Gasteiger partial charge on any atom is 0.153 e. The van der Waals surface area contributed by atoms with Crippen molar-refractivity contribution in [3.8, 4) is 0 Å². The molecule has 0 aliphatic rings. The van der Waals surface area contributed by atoms with E-state index in [9.17, 15) is 0 Å². The zero-order valence-electron chi connectivity index (χ0n) is 8.86. The zero-order chi connectivity index (χ0) is 11.4. The number of H-pyrrole nitrogens is 1. The van der Waals surface area contributed by atoms with Crippen LogP contribution in [0.2, 0.25) is 0 Å². The van der Waals surface area contributed by atoms with Gasteiger partial charge in [-0.25, -0.2) is 4.98 Å². The average molecular weight is 255 g/mol. The number of aromatic nitrogens is 3. The van der Waals surface area contributed by atoms with Crippen molar-refractivity contribution in [1.82, 2.24) is 14.3 Å². The van der Waals surface area contributed by atoms with Gasteiger partial charge >= 0.3 is 0 Å². The van der Waals surface area contributed by atoms with E-state index in [1.165, 1.54) is 11.5 Å². The van der Waals surface area contributed by atoms with Crippen molar-refractivity contribution >= 4 is 34.1 Å². The van der Waals surface area contributed by atoms with Gasteiger partial charge in [-0.15, -0.1) is 11.8 Å². The molecule has 0 aliphatic heterocycles. The number of nitrogen functional groups attached to an aromatic ring is 1. The second-order valence-corrected chi connectivity index (χ2v) is 4.73. The van der Waals surface area contributed by atoms with Gasteiger partial charge in [0.15, 0.2) is 5.82 Å². The van der Waals surface area contributed by atoms with Crippen molar-refractivity contribution in [2.24, 2.45) is 0 Å². The lowest BCUT2D eigenvalue weighted by atomic mass is 10.4. The Hall–Kier alpha value is -1.21. The summed E-state index contributed by atoms with van der Waals surface area (Å²) in [6.45, 7) is 0.822. The quantitative estimate of drug-likeness (QED) is 0.710. The van der Waals surface area contributed by atoms with Crippen LogP contribution in [0.25, 0.3) is 0 Å². The van der Waals surface area contributed by atoms with Crippen molar-refractivity contribution in [3.05, 3.63) is 18.2 Å². The molecule has 0 fully saturated rings. The molecule has 0 atom stereocenters. The molecule has 2 aromatic rings. The van der Waals surface area contributed by atoms with E-state index in [-0.39, 0.29) is 0 Å². The fraction of sp³-hybridized carbons (Fsp3) is 0.333. The van der Waals surface area contributed by atoms with Gasteiger partial charge in [0.2, 0.25) is 0 Å². The zero-order valence-corrected chi connectivity index (χ0v) is 10.5. The van der Waals surface area contributed by atoms with Crippen molar-refractivity contribution in [2.75, 3.05) is 23.9 Å². The number of imidazole rings is 1. The smallest absolute Gasteiger partial charge is 0.153 e. The fourth-order valence-electron chi connectivity index (χ4n) is 1.33. The summed E-state index contributed by atoms with van der Waals surface area (Å²) in [5.74, 6) is 1.59. The summed E-state index contributed by atoms with van der Waals surface area (Å²) in [7, 11) is 0. The number of thioether (sulfide) groups is 1. The molecule has 0 saturated heterocycles. The van der Waals surface area contributed by atoms with Crippen LogP contribution in [-0.4, -0.2) is 27.1 Å². The molecule has 0 aromatic carbocycles. The number of nitrogens with two attached hydrogens (primary N) is 1. The summed E-state index contributed by atoms with van der Waals surface area (Å²) in [5, 5.41) is 4.36. The van der Waals surface area contributed by atoms with Crippen LogP contribution in [0, 0.1) is 0 Å². The van der Waals surface area contributed by atoms with Gasteiger partial charge in [-0.05, 0) is 17.8 Å². The minimum absolute atomic E-state index is 0.609. The Morgan fingerprint density at radius 2 is 2.50 bits per heavy atom. The second kappa shape index (κ2) is 5.22. The van der Waals surface area contributed by atoms with Gasteiger partial charge in [-0.1, -0.05) is 0 Å². The number of nitrogens with zero attached hydrogens (tertiary/aromatic N) is 2. The van der Waals surface area contributed by atoms with Crippen LogP contribution in [0.1, 0.15) is 5.82 Å². The van der Waals surface area contributed by atoms with Crippen LogP contribution in [-0.2, 0) is 6.42 Å². The molecule has 2 aromatic heterocycles. The summed E-state index contributed by atoms with van der Waals surface area (Å²) in [4.78, 5) is 8.25. The second-order valence-electron chi connectivity index (χ2n) is 3.14. The lowest BCUT2D eigenvalue weighted by Gasteiger charge is -2.03. The summed E-state index contributed by atoms with van der Waals surface area (Å²) in [6, 6.07) is 0. The SMILES string of the molecule is CSc1c(N)nsc1NCCc1ncc[nH]1. The minimum atomic E-state index is 0.609. The summed E-state index contributed by atoms with van der Waals surface area (Å²) < 4.78 is 4.12. The van der Waals surface area contributed by atoms with E-state index in [1.54, 1.807) is 18.0 Å². The van der Waals surface area contributed by atoms with Crippen molar-refractivity contribution < 1.29 is 0 Å². The van der Waals surface area contributed by atoms with E-state index < -0.39 is 0 Å². The number of nitrogens with one attached hydrogen (secondary N) is 2. The summed E-state index contributed by atoms with van der Waals surface area (Å²) in [6.07, 6.45) is 6.44. The molecular formula is C9H13N5S2. The maximum absolute atomic E-state index is 5.74. The van der Waals surface area contributed by atoms with Crippen molar-refractivity contribution in [2.45, 2.75) is 11.3 Å². The highest BCUT2D eigenvalue weighted by atomic mass is 32.2. The highest BCUT2D eigenvalue weighted by molar-refractivity contribution is 7.99. The van der Waals surface area contributed by atoms with E-state index in [1.807, 2.05) is 12.5 Å². The van der Waals surface area contributed by atoms with Gasteiger partial charge in [0, 0.05) is 25.4 Å². The Kier molecular flexibility index (Phi) is 3.68. The lowest BCUT2D eigenvalue weighted by molar-refractivity contribution is 0.928. The monoisotopic (exact) mass is 255 g/mol. The van der Waals surface area contributed by atoms with Crippen LogP contribution in [0.5, 0.6) is 0 Å². The molecule has 2 heterocycles. The first-order chi connectivity index (χ1) is 7.81. The number of hydrogen-bond acceptors (Lipinski definition) is 6. The van der Waals surface area contributed by atoms with E-state index in [2.05, 4.69) is 19.7 Å². The Balaban J connectivity index is 1.89. The van der Waals surface area contributed by atoms with Gasteiger partial charge in [-0.2, -0.15) is 4.37 Å². The van der Waals surface area contributed by atoms with Crippen molar-refractivity contribution in [3.63, 3.8) is 0 Å². The number of hydrogen-bond donors (Lipinski definition) is 3. The Morgan fingerprint density at radius 3 is 3.19 bits per heavy atom. The molecule has 7 heteroatoms. The Labute approximate surface area is 102 Å². The number of anilines is 2. The van der Waals surface area contributed by atoms with Crippen LogP contribution in [0.4, 0.5) is 10.8 Å². The molecule has 0 amide bonds. The van der Waals surface area contributed by atoms with Crippen molar-refractivity contribution in [1.29, 1.82) is 0 Å². The topological polar surface area (TPSA) is 79.6 Å². The van der Waals surface area contributed by atoms with Crippen LogP contribution in [0.15, 0.2) is 17.3 Å². The fourth-order valence-corrected chi connectivity index (χ4v) is 2.90. The highest BCUT2D eigenvalue weighted by Crippen LogP contribution is 2.34. The molecular weight excluding hydrogens is 242 g/mol. The van der Waals surface area contributed by atoms with Gasteiger partial charge in [0.1, 0.15) is 10.8 Å². The molecule has 16 heavy (non-hydrogen) atoms. The molecule has 0 aliphatic carbocycles. The Morgan fingerprint density at radius 1 is 1.62 bits per heavy atom.